The van der Waals surface area contributed by atoms with Crippen molar-refractivity contribution in [3.05, 3.63) is 39.8 Å². The van der Waals surface area contributed by atoms with Gasteiger partial charge in [-0.25, -0.2) is 0 Å². The van der Waals surface area contributed by atoms with Crippen molar-refractivity contribution in [2.24, 2.45) is 5.11 Å². The van der Waals surface area contributed by atoms with Gasteiger partial charge in [0, 0.05) is 23.4 Å². The van der Waals surface area contributed by atoms with Crippen molar-refractivity contribution in [3.8, 4) is 5.75 Å². The fourth-order valence-corrected chi connectivity index (χ4v) is 1.70. The molecule has 1 aromatic carbocycles. The number of benzene rings is 1. The second-order valence-corrected chi connectivity index (χ2v) is 4.24. The molecule has 1 aromatic rings. The van der Waals surface area contributed by atoms with Gasteiger partial charge in [0.1, 0.15) is 5.75 Å². The van der Waals surface area contributed by atoms with Gasteiger partial charge in [0.25, 0.3) is 0 Å². The molecule has 5 nitrogen and oxygen atoms in total. The van der Waals surface area contributed by atoms with Gasteiger partial charge in [0.05, 0.1) is 7.11 Å². The van der Waals surface area contributed by atoms with Gasteiger partial charge in [0.15, 0.2) is 5.78 Å². The minimum atomic E-state index is -0.0213. The molecule has 0 aliphatic heterocycles. The van der Waals surface area contributed by atoms with Crippen LogP contribution in [-0.4, -0.2) is 19.4 Å². The van der Waals surface area contributed by atoms with Gasteiger partial charge in [-0.05, 0) is 35.2 Å². The highest BCUT2D eigenvalue weighted by atomic mass is 16.5. The van der Waals surface area contributed by atoms with E-state index in [1.807, 2.05) is 19.9 Å². The van der Waals surface area contributed by atoms with E-state index >= 15 is 0 Å². The Balaban J connectivity index is 2.93. The molecule has 0 atom stereocenters. The Morgan fingerprint density at radius 1 is 1.50 bits per heavy atom. The number of rotatable bonds is 6. The molecular formula is C13H17N3O2. The Labute approximate surface area is 106 Å². The molecular weight excluding hydrogens is 230 g/mol. The van der Waals surface area contributed by atoms with Crippen LogP contribution in [0.3, 0.4) is 0 Å². The van der Waals surface area contributed by atoms with E-state index in [0.717, 1.165) is 11.3 Å². The number of ketones is 1. The number of hydrogen-bond donors (Lipinski definition) is 0. The molecule has 0 saturated heterocycles. The third-order valence-corrected chi connectivity index (χ3v) is 2.68. The van der Waals surface area contributed by atoms with Gasteiger partial charge in [-0.2, -0.15) is 0 Å². The van der Waals surface area contributed by atoms with Crippen LogP contribution in [0.4, 0.5) is 0 Å². The molecule has 0 bridgehead atoms. The van der Waals surface area contributed by atoms with E-state index in [0.29, 0.717) is 5.56 Å². The zero-order chi connectivity index (χ0) is 13.5. The van der Waals surface area contributed by atoms with E-state index in [4.69, 9.17) is 10.3 Å². The number of ether oxygens (including phenoxy) is 1. The molecule has 0 N–H and O–H groups in total. The molecule has 0 radical (unpaired) electrons. The van der Waals surface area contributed by atoms with E-state index in [-0.39, 0.29) is 24.7 Å². The van der Waals surface area contributed by atoms with Gasteiger partial charge < -0.3 is 4.74 Å². The van der Waals surface area contributed by atoms with Crippen LogP contribution in [0.2, 0.25) is 0 Å². The summed E-state index contributed by atoms with van der Waals surface area (Å²) in [6, 6.07) is 5.39. The number of azide groups is 1. The summed E-state index contributed by atoms with van der Waals surface area (Å²) in [5, 5.41) is 3.36. The van der Waals surface area contributed by atoms with Crippen LogP contribution in [0.5, 0.6) is 5.75 Å². The minimum Gasteiger partial charge on any atom is -0.496 e. The number of methoxy groups -OCH3 is 1. The molecule has 0 aliphatic carbocycles. The van der Waals surface area contributed by atoms with E-state index in [1.165, 1.54) is 0 Å². The predicted molar refractivity (Wildman–Crippen MR) is 70.0 cm³/mol. The lowest BCUT2D eigenvalue weighted by molar-refractivity contribution is 0.0985. The van der Waals surface area contributed by atoms with Gasteiger partial charge in [-0.3, -0.25) is 4.79 Å². The number of carbonyl (C=O) groups is 1. The molecule has 96 valence electrons. The molecule has 1 rings (SSSR count). The zero-order valence-electron chi connectivity index (χ0n) is 10.9. The molecule has 18 heavy (non-hydrogen) atoms. The van der Waals surface area contributed by atoms with Crippen molar-refractivity contribution in [1.29, 1.82) is 0 Å². The first kappa shape index (κ1) is 14.1. The lowest BCUT2D eigenvalue weighted by atomic mass is 9.97. The average Bonchev–Trinajstić information content (AvgIpc) is 2.38. The van der Waals surface area contributed by atoms with E-state index in [1.54, 1.807) is 19.2 Å². The van der Waals surface area contributed by atoms with Gasteiger partial charge >= 0.3 is 0 Å². The molecule has 5 heteroatoms. The summed E-state index contributed by atoms with van der Waals surface area (Å²) in [5.74, 6) is 1.05. The summed E-state index contributed by atoms with van der Waals surface area (Å²) in [7, 11) is 1.62. The van der Waals surface area contributed by atoms with Crippen LogP contribution in [-0.2, 0) is 0 Å². The molecule has 0 spiro atoms. The molecule has 0 saturated carbocycles. The molecule has 0 aliphatic rings. The lowest BCUT2D eigenvalue weighted by Gasteiger charge is -2.13. The zero-order valence-corrected chi connectivity index (χ0v) is 10.9. The fraction of sp³-hybridized carbons (Fsp3) is 0.462. The molecule has 0 unspecified atom stereocenters. The molecule has 0 fully saturated rings. The Kier molecular flexibility index (Phi) is 5.21. The number of Topliss-reactive ketones (excluding diaryl/α,β-unsaturated/α-hetero) is 1. The van der Waals surface area contributed by atoms with Gasteiger partial charge in [-0.15, -0.1) is 0 Å². The highest BCUT2D eigenvalue weighted by Crippen LogP contribution is 2.27. The van der Waals surface area contributed by atoms with E-state index < -0.39 is 0 Å². The summed E-state index contributed by atoms with van der Waals surface area (Å²) in [6.45, 7) is 4.29. The number of hydrogen-bond acceptors (Lipinski definition) is 3. The van der Waals surface area contributed by atoms with Gasteiger partial charge in [0.2, 0.25) is 0 Å². The topological polar surface area (TPSA) is 75.1 Å². The quantitative estimate of drug-likeness (QED) is 0.332. The van der Waals surface area contributed by atoms with Crippen molar-refractivity contribution in [2.45, 2.75) is 26.2 Å². The van der Waals surface area contributed by atoms with E-state index in [2.05, 4.69) is 10.0 Å². The van der Waals surface area contributed by atoms with Crippen molar-refractivity contribution in [3.63, 3.8) is 0 Å². The second kappa shape index (κ2) is 6.67. The highest BCUT2D eigenvalue weighted by Gasteiger charge is 2.12. The van der Waals surface area contributed by atoms with Crippen LogP contribution in [0.1, 0.15) is 42.1 Å². The van der Waals surface area contributed by atoms with Crippen LogP contribution < -0.4 is 4.74 Å². The number of carbonyl (C=O) groups excluding carboxylic acids is 1. The first-order valence-electron chi connectivity index (χ1n) is 5.82. The second-order valence-electron chi connectivity index (χ2n) is 4.24. The maximum absolute atomic E-state index is 11.9. The smallest absolute Gasteiger partial charge is 0.163 e. The highest BCUT2D eigenvalue weighted by molar-refractivity contribution is 5.96. The summed E-state index contributed by atoms with van der Waals surface area (Å²) < 4.78 is 5.26. The summed E-state index contributed by atoms with van der Waals surface area (Å²) in [6.07, 6.45) is 0.230. The minimum absolute atomic E-state index is 0.0213. The van der Waals surface area contributed by atoms with Crippen molar-refractivity contribution < 1.29 is 9.53 Å². The standard InChI is InChI=1S/C13H17N3O2/c1-9(2)11-8-10(4-5-13(11)18-3)12(17)6-7-15-16-14/h4-5,8-9H,6-7H2,1-3H3. The first-order chi connectivity index (χ1) is 8.60. The fourth-order valence-electron chi connectivity index (χ4n) is 1.70. The van der Waals surface area contributed by atoms with Gasteiger partial charge in [-0.1, -0.05) is 19.0 Å². The molecule has 0 amide bonds. The Morgan fingerprint density at radius 3 is 2.78 bits per heavy atom. The third-order valence-electron chi connectivity index (χ3n) is 2.68. The van der Waals surface area contributed by atoms with Crippen LogP contribution in [0.15, 0.2) is 23.3 Å². The summed E-state index contributed by atoms with van der Waals surface area (Å²) >= 11 is 0. The van der Waals surface area contributed by atoms with Crippen molar-refractivity contribution >= 4 is 5.78 Å². The molecule has 0 aromatic heterocycles. The number of nitrogens with zero attached hydrogens (tertiary/aromatic N) is 3. The summed E-state index contributed by atoms with van der Waals surface area (Å²) in [4.78, 5) is 14.5. The maximum Gasteiger partial charge on any atom is 0.163 e. The first-order valence-corrected chi connectivity index (χ1v) is 5.82. The van der Waals surface area contributed by atoms with Crippen molar-refractivity contribution in [2.75, 3.05) is 13.7 Å². The Morgan fingerprint density at radius 2 is 2.22 bits per heavy atom. The largest absolute Gasteiger partial charge is 0.496 e. The normalized spacial score (nSPS) is 10.0. The predicted octanol–water partition coefficient (Wildman–Crippen LogP) is 3.70. The van der Waals surface area contributed by atoms with Crippen molar-refractivity contribution in [1.82, 2.24) is 0 Å². The average molecular weight is 247 g/mol. The Hall–Kier alpha value is -2.00. The van der Waals surface area contributed by atoms with Crippen LogP contribution in [0, 0.1) is 0 Å². The monoisotopic (exact) mass is 247 g/mol. The van der Waals surface area contributed by atoms with Crippen LogP contribution in [0.25, 0.3) is 10.4 Å². The van der Waals surface area contributed by atoms with E-state index in [9.17, 15) is 4.79 Å². The third kappa shape index (κ3) is 3.50. The maximum atomic E-state index is 11.9. The SMILES string of the molecule is COc1ccc(C(=O)CCN=[N+]=[N-])cc1C(C)C. The summed E-state index contributed by atoms with van der Waals surface area (Å²) in [5.41, 5.74) is 9.80. The Bertz CT molecular complexity index is 477. The van der Waals surface area contributed by atoms with Crippen LogP contribution >= 0.6 is 0 Å². The lowest BCUT2D eigenvalue weighted by Crippen LogP contribution is -2.03. The molecule has 0 heterocycles.